The molecule has 1 saturated heterocycles. The van der Waals surface area contributed by atoms with Gasteiger partial charge in [0.05, 0.1) is 18.3 Å². The van der Waals surface area contributed by atoms with Gasteiger partial charge in [0.15, 0.2) is 0 Å². The predicted molar refractivity (Wildman–Crippen MR) is 92.8 cm³/mol. The summed E-state index contributed by atoms with van der Waals surface area (Å²) in [5.74, 6) is 1.62. The molecule has 2 fully saturated rings. The van der Waals surface area contributed by atoms with E-state index in [-0.39, 0.29) is 5.56 Å². The largest absolute Gasteiger partial charge is 0.342 e. The fourth-order valence-electron chi connectivity index (χ4n) is 3.90. The van der Waals surface area contributed by atoms with Crippen LogP contribution in [0.5, 0.6) is 0 Å². The van der Waals surface area contributed by atoms with Gasteiger partial charge in [-0.05, 0) is 50.5 Å². The zero-order valence-corrected chi connectivity index (χ0v) is 14.5. The Balaban J connectivity index is 1.38. The van der Waals surface area contributed by atoms with E-state index in [1.165, 1.54) is 24.4 Å². The van der Waals surface area contributed by atoms with Gasteiger partial charge in [0, 0.05) is 30.1 Å². The Morgan fingerprint density at radius 2 is 2.12 bits per heavy atom. The van der Waals surface area contributed by atoms with Gasteiger partial charge in [-0.2, -0.15) is 9.47 Å². The first-order valence-electron chi connectivity index (χ1n) is 8.98. The molecule has 3 aliphatic rings. The maximum atomic E-state index is 12.4. The highest BCUT2D eigenvalue weighted by atomic mass is 32.1. The smallest absolute Gasteiger partial charge is 0.267 e. The van der Waals surface area contributed by atoms with Crippen LogP contribution in [-0.2, 0) is 19.4 Å². The van der Waals surface area contributed by atoms with Crippen molar-refractivity contribution in [1.29, 1.82) is 0 Å². The normalized spacial score (nSPS) is 23.0. The molecule has 6 nitrogen and oxygen atoms in total. The van der Waals surface area contributed by atoms with Crippen molar-refractivity contribution in [2.24, 2.45) is 0 Å². The topological polar surface area (TPSA) is 63.9 Å². The fourth-order valence-corrected chi connectivity index (χ4v) is 4.74. The Morgan fingerprint density at radius 3 is 3.00 bits per heavy atom. The number of fused-ring (bicyclic) bond motifs is 1. The molecule has 1 aliphatic heterocycles. The van der Waals surface area contributed by atoms with Crippen molar-refractivity contribution in [3.63, 3.8) is 0 Å². The van der Waals surface area contributed by atoms with Gasteiger partial charge in [-0.15, -0.1) is 0 Å². The maximum Gasteiger partial charge on any atom is 0.267 e. The minimum absolute atomic E-state index is 0.0402. The molecule has 0 spiro atoms. The molecule has 0 aromatic carbocycles. The molecular weight excluding hydrogens is 322 g/mol. The minimum atomic E-state index is 0.0402. The fraction of sp³-hybridized carbons (Fsp3) is 0.647. The molecule has 2 aromatic rings. The lowest BCUT2D eigenvalue weighted by Crippen LogP contribution is -2.37. The zero-order valence-electron chi connectivity index (χ0n) is 13.6. The summed E-state index contributed by atoms with van der Waals surface area (Å²) in [6.45, 7) is 1.66. The van der Waals surface area contributed by atoms with E-state index < -0.39 is 0 Å². The molecule has 2 aromatic heterocycles. The van der Waals surface area contributed by atoms with Crippen LogP contribution in [-0.4, -0.2) is 31.7 Å². The van der Waals surface area contributed by atoms with Crippen LogP contribution in [0.4, 0.5) is 5.13 Å². The van der Waals surface area contributed by atoms with E-state index in [2.05, 4.69) is 14.4 Å². The highest BCUT2D eigenvalue weighted by Gasteiger charge is 2.32. The number of aryl methyl sites for hydroxylation is 2. The molecule has 7 heteroatoms. The lowest BCUT2D eigenvalue weighted by atomic mass is 10.2. The molecule has 0 N–H and O–H groups in total. The molecule has 3 heterocycles. The van der Waals surface area contributed by atoms with E-state index in [4.69, 9.17) is 4.98 Å². The third-order valence-electron chi connectivity index (χ3n) is 5.40. The zero-order chi connectivity index (χ0) is 16.1. The number of anilines is 1. The lowest BCUT2D eigenvalue weighted by Gasteiger charge is -2.23. The molecule has 1 unspecified atom stereocenters. The van der Waals surface area contributed by atoms with E-state index in [1.807, 2.05) is 0 Å². The van der Waals surface area contributed by atoms with Crippen LogP contribution in [0.3, 0.4) is 0 Å². The van der Waals surface area contributed by atoms with Gasteiger partial charge in [-0.1, -0.05) is 0 Å². The second-order valence-corrected chi connectivity index (χ2v) is 7.92. The van der Waals surface area contributed by atoms with Crippen molar-refractivity contribution < 1.29 is 0 Å². The van der Waals surface area contributed by atoms with E-state index in [1.54, 1.807) is 10.7 Å². The molecule has 5 rings (SSSR count). The van der Waals surface area contributed by atoms with E-state index in [0.717, 1.165) is 60.9 Å². The summed E-state index contributed by atoms with van der Waals surface area (Å²) in [4.78, 5) is 19.5. The van der Waals surface area contributed by atoms with Crippen molar-refractivity contribution in [1.82, 2.24) is 19.1 Å². The first-order chi connectivity index (χ1) is 11.8. The molecule has 1 saturated carbocycles. The van der Waals surface area contributed by atoms with E-state index >= 15 is 0 Å². The second-order valence-electron chi connectivity index (χ2n) is 7.19. The highest BCUT2D eigenvalue weighted by molar-refractivity contribution is 7.09. The van der Waals surface area contributed by atoms with Gasteiger partial charge in [0.2, 0.25) is 5.13 Å². The molecule has 1 atom stereocenters. The predicted octanol–water partition coefficient (Wildman–Crippen LogP) is 2.13. The Bertz CT molecular complexity index is 825. The van der Waals surface area contributed by atoms with Crippen molar-refractivity contribution in [3.05, 3.63) is 33.5 Å². The molecule has 24 heavy (non-hydrogen) atoms. The molecule has 0 radical (unpaired) electrons. The molecule has 126 valence electrons. The summed E-state index contributed by atoms with van der Waals surface area (Å²) in [5.41, 5.74) is 2.31. The third-order valence-corrected chi connectivity index (χ3v) is 6.17. The van der Waals surface area contributed by atoms with Crippen LogP contribution in [0, 0.1) is 0 Å². The summed E-state index contributed by atoms with van der Waals surface area (Å²) in [5, 5.41) is 5.65. The number of rotatable bonds is 4. The summed E-state index contributed by atoms with van der Waals surface area (Å²) < 4.78 is 6.21. The third kappa shape index (κ3) is 2.55. The van der Waals surface area contributed by atoms with Crippen LogP contribution < -0.4 is 10.5 Å². The van der Waals surface area contributed by atoms with E-state index in [9.17, 15) is 4.79 Å². The molecular formula is C17H21N5OS. The maximum absolute atomic E-state index is 12.4. The summed E-state index contributed by atoms with van der Waals surface area (Å²) in [6, 6.07) is 2.10. The van der Waals surface area contributed by atoms with Gasteiger partial charge >= 0.3 is 0 Å². The summed E-state index contributed by atoms with van der Waals surface area (Å²) in [6.07, 6.45) is 7.82. The number of nitrogens with zero attached hydrogens (tertiary/aromatic N) is 5. The molecule has 2 aliphatic carbocycles. The number of hydrogen-bond acceptors (Lipinski definition) is 6. The number of hydrogen-bond donors (Lipinski definition) is 0. The SMILES string of the molecule is O=c1cc2c(nn1CC1CCCN1c1nc(C3CC3)ns1)CCC2. The lowest BCUT2D eigenvalue weighted by molar-refractivity contribution is 0.483. The number of aromatic nitrogens is 4. The van der Waals surface area contributed by atoms with Crippen LogP contribution >= 0.6 is 11.5 Å². The Labute approximate surface area is 144 Å². The average Bonchev–Trinajstić information content (AvgIpc) is 2.99. The Hall–Kier alpha value is -1.76. The van der Waals surface area contributed by atoms with Crippen LogP contribution in [0.25, 0.3) is 0 Å². The standard InChI is InChI=1S/C17H21N5OS/c23-15-9-12-3-1-5-14(12)19-22(15)10-13-4-2-8-21(13)17-18-16(20-24-17)11-6-7-11/h9,11,13H,1-8,10H2. The van der Waals surface area contributed by atoms with Crippen molar-refractivity contribution >= 4 is 16.7 Å². The van der Waals surface area contributed by atoms with E-state index in [0.29, 0.717) is 18.5 Å². The van der Waals surface area contributed by atoms with Crippen molar-refractivity contribution in [3.8, 4) is 0 Å². The van der Waals surface area contributed by atoms with Gasteiger partial charge in [0.25, 0.3) is 5.56 Å². The second kappa shape index (κ2) is 5.65. The molecule has 0 amide bonds. The van der Waals surface area contributed by atoms with Crippen LogP contribution in [0.1, 0.15) is 55.1 Å². The highest BCUT2D eigenvalue weighted by Crippen LogP contribution is 2.40. The Kier molecular flexibility index (Phi) is 3.43. The summed E-state index contributed by atoms with van der Waals surface area (Å²) >= 11 is 1.51. The first kappa shape index (κ1) is 14.6. The summed E-state index contributed by atoms with van der Waals surface area (Å²) in [7, 11) is 0. The van der Waals surface area contributed by atoms with Gasteiger partial charge in [-0.3, -0.25) is 4.79 Å². The minimum Gasteiger partial charge on any atom is -0.342 e. The monoisotopic (exact) mass is 343 g/mol. The van der Waals surface area contributed by atoms with Crippen molar-refractivity contribution in [2.75, 3.05) is 11.4 Å². The quantitative estimate of drug-likeness (QED) is 0.851. The Morgan fingerprint density at radius 1 is 1.21 bits per heavy atom. The average molecular weight is 343 g/mol. The molecule has 0 bridgehead atoms. The first-order valence-corrected chi connectivity index (χ1v) is 9.75. The van der Waals surface area contributed by atoms with Gasteiger partial charge < -0.3 is 4.90 Å². The van der Waals surface area contributed by atoms with Crippen LogP contribution in [0.2, 0.25) is 0 Å². The van der Waals surface area contributed by atoms with Crippen LogP contribution in [0.15, 0.2) is 10.9 Å². The van der Waals surface area contributed by atoms with Gasteiger partial charge in [-0.25, -0.2) is 9.67 Å². The van der Waals surface area contributed by atoms with Crippen molar-refractivity contribution in [2.45, 2.75) is 63.5 Å². The van der Waals surface area contributed by atoms with Gasteiger partial charge in [0.1, 0.15) is 5.82 Å².